The molecule has 1 fully saturated rings. The average Bonchev–Trinajstić information content (AvgIpc) is 2.63. The minimum Gasteiger partial charge on any atom is -0.371 e. The van der Waals surface area contributed by atoms with Crippen LogP contribution in [0.3, 0.4) is 0 Å². The molecule has 1 aromatic rings. The Bertz CT molecular complexity index is 526. The van der Waals surface area contributed by atoms with E-state index in [9.17, 15) is 4.79 Å². The van der Waals surface area contributed by atoms with Crippen molar-refractivity contribution in [2.75, 3.05) is 45.7 Å². The number of nitrogens with one attached hydrogen (secondary N) is 1. The highest BCUT2D eigenvalue weighted by Crippen LogP contribution is 2.29. The summed E-state index contributed by atoms with van der Waals surface area (Å²) < 4.78 is 0. The van der Waals surface area contributed by atoms with E-state index in [-0.39, 0.29) is 5.91 Å². The lowest BCUT2D eigenvalue weighted by Crippen LogP contribution is -2.34. The summed E-state index contributed by atoms with van der Waals surface area (Å²) in [5, 5.41) is 3.75. The van der Waals surface area contributed by atoms with Crippen LogP contribution in [0.15, 0.2) is 18.2 Å². The molecule has 1 heterocycles. The Hall–Kier alpha value is -1.26. The molecule has 1 saturated heterocycles. The number of carbonyl (C=O) groups excluding carboxylic acids is 1. The lowest BCUT2D eigenvalue weighted by Gasteiger charge is -2.34. The summed E-state index contributed by atoms with van der Waals surface area (Å²) in [5.74, 6) is 0.787. The van der Waals surface area contributed by atoms with E-state index in [4.69, 9.17) is 11.6 Å². The molecule has 0 saturated carbocycles. The Labute approximate surface area is 158 Å². The molecule has 1 amide bonds. The van der Waals surface area contributed by atoms with Crippen LogP contribution in [-0.4, -0.2) is 51.6 Å². The zero-order valence-electron chi connectivity index (χ0n) is 16.4. The first kappa shape index (κ1) is 21.8. The van der Waals surface area contributed by atoms with Crippen LogP contribution in [0.25, 0.3) is 0 Å². The quantitative estimate of drug-likeness (QED) is 0.762. The molecule has 142 valence electrons. The fraction of sp³-hybridized carbons (Fsp3) is 0.650. The van der Waals surface area contributed by atoms with Gasteiger partial charge in [-0.1, -0.05) is 25.4 Å². The first-order valence-corrected chi connectivity index (χ1v) is 9.81. The average molecular weight is 368 g/mol. The zero-order valence-corrected chi connectivity index (χ0v) is 17.2. The molecular weight excluding hydrogens is 334 g/mol. The SMILES string of the molecule is CC.CNCCCC1CCN(c2ccc(C(=O)N(C)C)c(Cl)c2)CC1. The van der Waals surface area contributed by atoms with Crippen LogP contribution in [0.5, 0.6) is 0 Å². The number of nitrogens with zero attached hydrogens (tertiary/aromatic N) is 2. The van der Waals surface area contributed by atoms with E-state index >= 15 is 0 Å². The Balaban J connectivity index is 0.00000151. The monoisotopic (exact) mass is 367 g/mol. The van der Waals surface area contributed by atoms with Gasteiger partial charge in [0.15, 0.2) is 0 Å². The molecule has 1 N–H and O–H groups in total. The Kier molecular flexibility index (Phi) is 9.91. The molecule has 1 aliphatic heterocycles. The van der Waals surface area contributed by atoms with Crippen LogP contribution in [0.2, 0.25) is 5.02 Å². The largest absolute Gasteiger partial charge is 0.371 e. The minimum absolute atomic E-state index is 0.0511. The van der Waals surface area contributed by atoms with E-state index in [0.717, 1.165) is 31.2 Å². The Morgan fingerprint density at radius 1 is 1.28 bits per heavy atom. The summed E-state index contributed by atoms with van der Waals surface area (Å²) in [7, 11) is 5.49. The molecule has 0 atom stereocenters. The smallest absolute Gasteiger partial charge is 0.254 e. The van der Waals surface area contributed by atoms with Crippen LogP contribution in [0.1, 0.15) is 49.9 Å². The predicted molar refractivity (Wildman–Crippen MR) is 109 cm³/mol. The van der Waals surface area contributed by atoms with Crippen molar-refractivity contribution in [3.05, 3.63) is 28.8 Å². The summed E-state index contributed by atoms with van der Waals surface area (Å²) in [6.45, 7) is 7.25. The lowest BCUT2D eigenvalue weighted by molar-refractivity contribution is 0.0828. The van der Waals surface area contributed by atoms with E-state index in [2.05, 4.69) is 10.2 Å². The number of amides is 1. The molecule has 1 aromatic carbocycles. The fourth-order valence-corrected chi connectivity index (χ4v) is 3.42. The number of rotatable bonds is 6. The van der Waals surface area contributed by atoms with Gasteiger partial charge in [0.25, 0.3) is 5.91 Å². The molecule has 2 rings (SSSR count). The third kappa shape index (κ3) is 6.52. The van der Waals surface area contributed by atoms with Crippen molar-refractivity contribution in [3.8, 4) is 0 Å². The molecule has 25 heavy (non-hydrogen) atoms. The summed E-state index contributed by atoms with van der Waals surface area (Å²) in [6, 6.07) is 5.79. The highest BCUT2D eigenvalue weighted by atomic mass is 35.5. The minimum atomic E-state index is -0.0511. The number of hydrogen-bond acceptors (Lipinski definition) is 3. The third-order valence-electron chi connectivity index (χ3n) is 4.61. The number of halogens is 1. The fourth-order valence-electron chi connectivity index (χ4n) is 3.16. The molecule has 0 unspecified atom stereocenters. The Morgan fingerprint density at radius 2 is 1.92 bits per heavy atom. The first-order valence-electron chi connectivity index (χ1n) is 9.43. The molecule has 0 aliphatic carbocycles. The second kappa shape index (κ2) is 11.4. The summed E-state index contributed by atoms with van der Waals surface area (Å²) in [6.07, 6.45) is 5.04. The van der Waals surface area contributed by atoms with Crippen molar-refractivity contribution >= 4 is 23.2 Å². The first-order chi connectivity index (χ1) is 12.0. The van der Waals surface area contributed by atoms with E-state index in [0.29, 0.717) is 10.6 Å². The zero-order chi connectivity index (χ0) is 18.8. The van der Waals surface area contributed by atoms with Gasteiger partial charge in [-0.15, -0.1) is 0 Å². The van der Waals surface area contributed by atoms with Gasteiger partial charge in [-0.05, 0) is 63.4 Å². The molecule has 0 radical (unpaired) electrons. The van der Waals surface area contributed by atoms with Gasteiger partial charge in [0, 0.05) is 32.9 Å². The van der Waals surface area contributed by atoms with Crippen molar-refractivity contribution in [3.63, 3.8) is 0 Å². The van der Waals surface area contributed by atoms with Crippen molar-refractivity contribution in [2.24, 2.45) is 5.92 Å². The molecule has 4 nitrogen and oxygen atoms in total. The molecule has 5 heteroatoms. The van der Waals surface area contributed by atoms with Crippen LogP contribution < -0.4 is 10.2 Å². The number of hydrogen-bond donors (Lipinski definition) is 1. The summed E-state index contributed by atoms with van der Waals surface area (Å²) >= 11 is 6.32. The van der Waals surface area contributed by atoms with Crippen molar-refractivity contribution in [2.45, 2.75) is 39.5 Å². The highest BCUT2D eigenvalue weighted by molar-refractivity contribution is 6.34. The van der Waals surface area contributed by atoms with Gasteiger partial charge in [-0.2, -0.15) is 0 Å². The Morgan fingerprint density at radius 3 is 2.44 bits per heavy atom. The second-order valence-electron chi connectivity index (χ2n) is 6.54. The maximum atomic E-state index is 12.0. The van der Waals surface area contributed by atoms with Gasteiger partial charge in [0.05, 0.1) is 10.6 Å². The molecule has 1 aliphatic rings. The van der Waals surface area contributed by atoms with Crippen LogP contribution in [0.4, 0.5) is 5.69 Å². The number of benzene rings is 1. The van der Waals surface area contributed by atoms with Crippen molar-refractivity contribution in [1.82, 2.24) is 10.2 Å². The van der Waals surface area contributed by atoms with E-state index < -0.39 is 0 Å². The van der Waals surface area contributed by atoms with Crippen LogP contribution in [-0.2, 0) is 0 Å². The summed E-state index contributed by atoms with van der Waals surface area (Å²) in [5.41, 5.74) is 1.70. The molecular formula is C20H34ClN3O. The van der Waals surface area contributed by atoms with Crippen LogP contribution >= 0.6 is 11.6 Å². The second-order valence-corrected chi connectivity index (χ2v) is 6.95. The molecule has 0 bridgehead atoms. The number of carbonyl (C=O) groups is 1. The van der Waals surface area contributed by atoms with Gasteiger partial charge >= 0.3 is 0 Å². The lowest BCUT2D eigenvalue weighted by atomic mass is 9.92. The van der Waals surface area contributed by atoms with Gasteiger partial charge in [0.1, 0.15) is 0 Å². The van der Waals surface area contributed by atoms with Crippen molar-refractivity contribution in [1.29, 1.82) is 0 Å². The summed E-state index contributed by atoms with van der Waals surface area (Å²) in [4.78, 5) is 16.0. The third-order valence-corrected chi connectivity index (χ3v) is 4.92. The van der Waals surface area contributed by atoms with Crippen molar-refractivity contribution < 1.29 is 4.79 Å². The molecule has 0 aromatic heterocycles. The number of anilines is 1. The number of piperidine rings is 1. The van der Waals surface area contributed by atoms with Gasteiger partial charge in [-0.3, -0.25) is 4.79 Å². The maximum Gasteiger partial charge on any atom is 0.254 e. The van der Waals surface area contributed by atoms with Gasteiger partial charge in [-0.25, -0.2) is 0 Å². The highest BCUT2D eigenvalue weighted by Gasteiger charge is 2.20. The normalized spacial score (nSPS) is 14.7. The van der Waals surface area contributed by atoms with Gasteiger partial charge < -0.3 is 15.1 Å². The van der Waals surface area contributed by atoms with Gasteiger partial charge in [0.2, 0.25) is 0 Å². The standard InChI is InChI=1S/C18H28ClN3O.C2H6/c1-20-10-4-5-14-8-11-22(12-9-14)15-6-7-16(17(19)13-15)18(23)21(2)3;1-2/h6-7,13-14,20H,4-5,8-12H2,1-3H3;1-2H3. The van der Waals surface area contributed by atoms with Crippen LogP contribution in [0, 0.1) is 5.92 Å². The maximum absolute atomic E-state index is 12.0. The topological polar surface area (TPSA) is 35.6 Å². The molecule has 0 spiro atoms. The van der Waals surface area contributed by atoms with E-state index in [1.165, 1.54) is 25.7 Å². The van der Waals surface area contributed by atoms with E-state index in [1.54, 1.807) is 19.0 Å². The predicted octanol–water partition coefficient (Wildman–Crippen LogP) is 4.28. The van der Waals surface area contributed by atoms with E-state index in [1.807, 2.05) is 39.1 Å².